The Bertz CT molecular complexity index is 1540. The third kappa shape index (κ3) is 4.52. The first-order valence-corrected chi connectivity index (χ1v) is 13.6. The minimum absolute atomic E-state index is 0.0957. The molecule has 1 amide bonds. The Morgan fingerprint density at radius 1 is 1.05 bits per heavy atom. The summed E-state index contributed by atoms with van der Waals surface area (Å²) < 4.78 is 32.3. The number of piperidine rings is 1. The molecular weight excluding hydrogens is 500 g/mol. The van der Waals surface area contributed by atoms with Gasteiger partial charge in [0.15, 0.2) is 11.6 Å². The average Bonchev–Trinajstić information content (AvgIpc) is 3.44. The number of halogens is 2. The van der Waals surface area contributed by atoms with Gasteiger partial charge in [0, 0.05) is 36.8 Å². The standard InChI is InChI=1S/C30H33F2N5O2/c1-18-28(35(3)17-33-18)19-7-10-25-24(15-19)34-29(37(25)20-11-13-30(2,39)14-12-20)26-5-4-6-27(38)36(26)21-8-9-22(31)23(32)16-21/h7-10,15-17,20,26,39H,4-6,11-14H2,1-3H3/t20?,26-,30?/m0/s1. The van der Waals surface area contributed by atoms with Crippen molar-refractivity contribution >= 4 is 22.6 Å². The van der Waals surface area contributed by atoms with E-state index in [0.29, 0.717) is 37.8 Å². The number of aromatic nitrogens is 4. The zero-order chi connectivity index (χ0) is 27.5. The zero-order valence-corrected chi connectivity index (χ0v) is 22.5. The first-order chi connectivity index (χ1) is 18.6. The lowest BCUT2D eigenvalue weighted by atomic mass is 9.83. The van der Waals surface area contributed by atoms with E-state index in [1.165, 1.54) is 6.07 Å². The number of hydrogen-bond donors (Lipinski definition) is 1. The number of nitrogens with zero attached hydrogens (tertiary/aromatic N) is 5. The molecule has 6 rings (SSSR count). The monoisotopic (exact) mass is 533 g/mol. The lowest BCUT2D eigenvalue weighted by molar-refractivity contribution is -0.120. The van der Waals surface area contributed by atoms with Gasteiger partial charge in [-0.1, -0.05) is 6.07 Å². The van der Waals surface area contributed by atoms with Gasteiger partial charge < -0.3 is 19.1 Å². The van der Waals surface area contributed by atoms with Crippen LogP contribution in [0.2, 0.25) is 0 Å². The molecule has 0 unspecified atom stereocenters. The van der Waals surface area contributed by atoms with Gasteiger partial charge in [0.1, 0.15) is 5.82 Å². The second kappa shape index (κ2) is 9.55. The molecule has 0 radical (unpaired) electrons. The maximum Gasteiger partial charge on any atom is 0.227 e. The van der Waals surface area contributed by atoms with Crippen molar-refractivity contribution in [3.63, 3.8) is 0 Å². The molecular formula is C30H33F2N5O2. The fourth-order valence-electron chi connectivity index (χ4n) is 6.40. The van der Waals surface area contributed by atoms with Crippen molar-refractivity contribution in [2.45, 2.75) is 76.5 Å². The molecule has 204 valence electrons. The Labute approximate surface area is 226 Å². The van der Waals surface area contributed by atoms with Gasteiger partial charge in [-0.3, -0.25) is 4.79 Å². The van der Waals surface area contributed by atoms with E-state index in [4.69, 9.17) is 4.98 Å². The van der Waals surface area contributed by atoms with Crippen molar-refractivity contribution in [2.24, 2.45) is 7.05 Å². The molecule has 2 aromatic heterocycles. The van der Waals surface area contributed by atoms with Crippen LogP contribution in [0.25, 0.3) is 22.3 Å². The summed E-state index contributed by atoms with van der Waals surface area (Å²) in [5.41, 5.74) is 4.34. The van der Waals surface area contributed by atoms with Gasteiger partial charge >= 0.3 is 0 Å². The Hall–Kier alpha value is -3.59. The number of hydrogen-bond acceptors (Lipinski definition) is 4. The molecule has 7 nitrogen and oxygen atoms in total. The Morgan fingerprint density at radius 2 is 1.82 bits per heavy atom. The lowest BCUT2D eigenvalue weighted by Crippen LogP contribution is -2.40. The number of amides is 1. The fourth-order valence-corrected chi connectivity index (χ4v) is 6.40. The highest BCUT2D eigenvalue weighted by atomic mass is 19.2. The van der Waals surface area contributed by atoms with Crippen molar-refractivity contribution < 1.29 is 18.7 Å². The molecule has 0 bridgehead atoms. The Balaban J connectivity index is 1.51. The first kappa shape index (κ1) is 25.7. The van der Waals surface area contributed by atoms with E-state index in [9.17, 15) is 18.7 Å². The quantitative estimate of drug-likeness (QED) is 0.342. The van der Waals surface area contributed by atoms with Crippen molar-refractivity contribution in [1.82, 2.24) is 19.1 Å². The zero-order valence-electron chi connectivity index (χ0n) is 22.5. The van der Waals surface area contributed by atoms with E-state index in [1.54, 1.807) is 11.2 Å². The van der Waals surface area contributed by atoms with Gasteiger partial charge in [0.2, 0.25) is 5.91 Å². The summed E-state index contributed by atoms with van der Waals surface area (Å²) in [6, 6.07) is 9.51. The van der Waals surface area contributed by atoms with Gasteiger partial charge in [0.25, 0.3) is 0 Å². The molecule has 1 saturated carbocycles. The van der Waals surface area contributed by atoms with Gasteiger partial charge in [-0.15, -0.1) is 0 Å². The van der Waals surface area contributed by atoms with Crippen molar-refractivity contribution in [3.05, 3.63) is 65.9 Å². The van der Waals surface area contributed by atoms with Crippen LogP contribution in [0, 0.1) is 18.6 Å². The first-order valence-electron chi connectivity index (χ1n) is 13.6. The molecule has 4 aromatic rings. The number of carbonyl (C=O) groups excluding carboxylic acids is 1. The highest BCUT2D eigenvalue weighted by molar-refractivity contribution is 5.95. The average molecular weight is 534 g/mol. The van der Waals surface area contributed by atoms with E-state index in [-0.39, 0.29) is 11.9 Å². The van der Waals surface area contributed by atoms with Gasteiger partial charge in [-0.05, 0) is 76.6 Å². The predicted molar refractivity (Wildman–Crippen MR) is 145 cm³/mol. The number of aryl methyl sites for hydroxylation is 2. The van der Waals surface area contributed by atoms with Crippen LogP contribution in [-0.2, 0) is 11.8 Å². The Kier molecular flexibility index (Phi) is 6.29. The Morgan fingerprint density at radius 3 is 2.51 bits per heavy atom. The smallest absolute Gasteiger partial charge is 0.227 e. The van der Waals surface area contributed by atoms with Crippen LogP contribution in [0.5, 0.6) is 0 Å². The summed E-state index contributed by atoms with van der Waals surface area (Å²) in [4.78, 5) is 24.4. The molecule has 3 heterocycles. The number of fused-ring (bicyclic) bond motifs is 1. The maximum atomic E-state index is 14.3. The van der Waals surface area contributed by atoms with E-state index in [2.05, 4.69) is 27.8 Å². The number of imidazole rings is 2. The van der Waals surface area contributed by atoms with Crippen molar-refractivity contribution in [3.8, 4) is 11.3 Å². The summed E-state index contributed by atoms with van der Waals surface area (Å²) >= 11 is 0. The van der Waals surface area contributed by atoms with E-state index in [1.807, 2.05) is 25.5 Å². The molecule has 1 N–H and O–H groups in total. The maximum absolute atomic E-state index is 14.3. The molecule has 2 aliphatic rings. The number of aliphatic hydroxyl groups is 1. The van der Waals surface area contributed by atoms with Crippen LogP contribution in [0.3, 0.4) is 0 Å². The number of anilines is 1. The van der Waals surface area contributed by atoms with E-state index < -0.39 is 23.3 Å². The number of rotatable bonds is 4. The molecule has 2 aromatic carbocycles. The third-order valence-electron chi connectivity index (χ3n) is 8.44. The normalized spacial score (nSPS) is 24.1. The topological polar surface area (TPSA) is 76.2 Å². The fraction of sp³-hybridized carbons (Fsp3) is 0.433. The van der Waals surface area contributed by atoms with Gasteiger partial charge in [0.05, 0.1) is 40.4 Å². The minimum atomic E-state index is -0.983. The summed E-state index contributed by atoms with van der Waals surface area (Å²) in [5, 5.41) is 10.6. The van der Waals surface area contributed by atoms with Crippen molar-refractivity contribution in [2.75, 3.05) is 4.90 Å². The minimum Gasteiger partial charge on any atom is -0.390 e. The molecule has 0 spiro atoms. The van der Waals surface area contributed by atoms with Crippen LogP contribution in [-0.4, -0.2) is 35.7 Å². The number of carbonyl (C=O) groups is 1. The van der Waals surface area contributed by atoms with Gasteiger partial charge in [-0.2, -0.15) is 0 Å². The molecule has 2 fully saturated rings. The SMILES string of the molecule is Cc1ncn(C)c1-c1ccc2c(c1)nc([C@@H]1CCCC(=O)N1c1ccc(F)c(F)c1)n2C1CCC(C)(O)CC1. The third-order valence-corrected chi connectivity index (χ3v) is 8.44. The van der Waals surface area contributed by atoms with Crippen LogP contribution in [0.1, 0.15) is 75.5 Å². The summed E-state index contributed by atoms with van der Waals surface area (Å²) in [6.45, 7) is 3.86. The second-order valence-electron chi connectivity index (χ2n) is 11.3. The van der Waals surface area contributed by atoms with Crippen LogP contribution < -0.4 is 4.90 Å². The van der Waals surface area contributed by atoms with Crippen molar-refractivity contribution in [1.29, 1.82) is 0 Å². The van der Waals surface area contributed by atoms with Gasteiger partial charge in [-0.25, -0.2) is 18.7 Å². The highest BCUT2D eigenvalue weighted by Gasteiger charge is 2.37. The molecule has 1 aliphatic carbocycles. The largest absolute Gasteiger partial charge is 0.390 e. The number of benzene rings is 2. The second-order valence-corrected chi connectivity index (χ2v) is 11.3. The predicted octanol–water partition coefficient (Wildman–Crippen LogP) is 6.15. The molecule has 1 aliphatic heterocycles. The van der Waals surface area contributed by atoms with Crippen LogP contribution in [0.4, 0.5) is 14.5 Å². The molecule has 39 heavy (non-hydrogen) atoms. The highest BCUT2D eigenvalue weighted by Crippen LogP contribution is 2.43. The molecule has 1 saturated heterocycles. The van der Waals surface area contributed by atoms with Crippen LogP contribution in [0.15, 0.2) is 42.7 Å². The van der Waals surface area contributed by atoms with E-state index in [0.717, 1.165) is 58.8 Å². The molecule has 9 heteroatoms. The summed E-state index contributed by atoms with van der Waals surface area (Å²) in [5.74, 6) is -1.31. The molecule has 1 atom stereocenters. The summed E-state index contributed by atoms with van der Waals surface area (Å²) in [7, 11) is 1.96. The summed E-state index contributed by atoms with van der Waals surface area (Å²) in [6.07, 6.45) is 6.36. The van der Waals surface area contributed by atoms with Crippen LogP contribution >= 0.6 is 0 Å². The lowest BCUT2D eigenvalue weighted by Gasteiger charge is -2.38. The van der Waals surface area contributed by atoms with E-state index >= 15 is 0 Å².